The molecule has 0 N–H and O–H groups in total. The summed E-state index contributed by atoms with van der Waals surface area (Å²) in [6, 6.07) is 0. The van der Waals surface area contributed by atoms with Gasteiger partial charge < -0.3 is 9.47 Å². The molecule has 2 aliphatic carbocycles. The minimum atomic E-state index is -0.317. The molecule has 0 aliphatic heterocycles. The van der Waals surface area contributed by atoms with Crippen molar-refractivity contribution in [1.82, 2.24) is 0 Å². The third-order valence-electron chi connectivity index (χ3n) is 5.52. The molecule has 4 unspecified atom stereocenters. The molecule has 0 radical (unpaired) electrons. The molecule has 0 amide bonds. The Balaban J connectivity index is 2.12. The van der Waals surface area contributed by atoms with Crippen LogP contribution in [0.15, 0.2) is 11.1 Å². The van der Waals surface area contributed by atoms with Gasteiger partial charge in [-0.25, -0.2) is 9.59 Å². The van der Waals surface area contributed by atoms with Gasteiger partial charge in [0.25, 0.3) is 0 Å². The molecule has 24 heavy (non-hydrogen) atoms. The van der Waals surface area contributed by atoms with Crippen molar-refractivity contribution < 1.29 is 19.1 Å². The molecule has 0 spiro atoms. The zero-order chi connectivity index (χ0) is 17.7. The van der Waals surface area contributed by atoms with Crippen LogP contribution in [0.25, 0.3) is 0 Å². The molecule has 136 valence electrons. The monoisotopic (exact) mass is 336 g/mol. The number of esters is 2. The largest absolute Gasteiger partial charge is 0.463 e. The van der Waals surface area contributed by atoms with Gasteiger partial charge >= 0.3 is 11.9 Å². The molecule has 4 nitrogen and oxygen atoms in total. The Morgan fingerprint density at radius 2 is 1.83 bits per heavy atom. The lowest BCUT2D eigenvalue weighted by Crippen LogP contribution is -2.27. The Bertz CT molecular complexity index is 494. The van der Waals surface area contributed by atoms with Crippen LogP contribution < -0.4 is 0 Å². The first-order chi connectivity index (χ1) is 11.5. The van der Waals surface area contributed by atoms with Crippen molar-refractivity contribution in [2.75, 3.05) is 6.61 Å². The van der Waals surface area contributed by atoms with Crippen LogP contribution in [0.5, 0.6) is 0 Å². The van der Waals surface area contributed by atoms with E-state index in [0.717, 1.165) is 44.9 Å². The second-order valence-corrected chi connectivity index (χ2v) is 7.23. The van der Waals surface area contributed by atoms with Gasteiger partial charge in [0, 0.05) is 0 Å². The van der Waals surface area contributed by atoms with Crippen molar-refractivity contribution in [2.24, 2.45) is 17.8 Å². The third kappa shape index (κ3) is 4.01. The van der Waals surface area contributed by atoms with Crippen LogP contribution in [0.4, 0.5) is 0 Å². The van der Waals surface area contributed by atoms with E-state index in [2.05, 4.69) is 13.8 Å². The van der Waals surface area contributed by atoms with E-state index in [9.17, 15) is 9.59 Å². The van der Waals surface area contributed by atoms with Crippen LogP contribution in [0, 0.1) is 17.8 Å². The summed E-state index contributed by atoms with van der Waals surface area (Å²) in [6.07, 6.45) is 6.95. The Kier molecular flexibility index (Phi) is 6.88. The smallest absolute Gasteiger partial charge is 0.335 e. The Labute approximate surface area is 146 Å². The summed E-state index contributed by atoms with van der Waals surface area (Å²) in [7, 11) is 0. The first kappa shape index (κ1) is 19.0. The fourth-order valence-electron chi connectivity index (χ4n) is 4.24. The maximum Gasteiger partial charge on any atom is 0.335 e. The van der Waals surface area contributed by atoms with E-state index in [1.54, 1.807) is 6.92 Å². The van der Waals surface area contributed by atoms with Gasteiger partial charge in [-0.05, 0) is 56.8 Å². The first-order valence-electron chi connectivity index (χ1n) is 9.65. The zero-order valence-electron chi connectivity index (χ0n) is 15.6. The normalized spacial score (nSPS) is 26.6. The van der Waals surface area contributed by atoms with Crippen molar-refractivity contribution in [3.05, 3.63) is 11.1 Å². The molecule has 0 aromatic heterocycles. The summed E-state index contributed by atoms with van der Waals surface area (Å²) in [5.41, 5.74) is 1.22. The van der Waals surface area contributed by atoms with Crippen molar-refractivity contribution in [3.63, 3.8) is 0 Å². The van der Waals surface area contributed by atoms with Crippen LogP contribution >= 0.6 is 0 Å². The summed E-state index contributed by atoms with van der Waals surface area (Å²) in [6.45, 7) is 8.51. The molecule has 0 aromatic rings. The van der Waals surface area contributed by atoms with Crippen molar-refractivity contribution in [2.45, 2.75) is 78.7 Å². The Morgan fingerprint density at radius 3 is 2.46 bits per heavy atom. The van der Waals surface area contributed by atoms with Crippen LogP contribution in [0.2, 0.25) is 0 Å². The van der Waals surface area contributed by atoms with Gasteiger partial charge in [0.05, 0.1) is 17.8 Å². The fourth-order valence-corrected chi connectivity index (χ4v) is 4.24. The van der Waals surface area contributed by atoms with Gasteiger partial charge in [0.2, 0.25) is 0 Å². The topological polar surface area (TPSA) is 52.6 Å². The van der Waals surface area contributed by atoms with E-state index in [-0.39, 0.29) is 29.9 Å². The molecule has 0 heterocycles. The van der Waals surface area contributed by atoms with Crippen LogP contribution in [0.3, 0.4) is 0 Å². The maximum absolute atomic E-state index is 12.8. The summed E-state index contributed by atoms with van der Waals surface area (Å²) >= 11 is 0. The summed E-state index contributed by atoms with van der Waals surface area (Å²) in [5, 5.41) is 0. The van der Waals surface area contributed by atoms with E-state index in [4.69, 9.17) is 9.47 Å². The lowest BCUT2D eigenvalue weighted by atomic mass is 9.84. The molecule has 1 fully saturated rings. The first-order valence-corrected chi connectivity index (χ1v) is 9.65. The molecule has 0 saturated heterocycles. The molecular formula is C20H32O4. The highest BCUT2D eigenvalue weighted by molar-refractivity contribution is 6.02. The van der Waals surface area contributed by atoms with Gasteiger partial charge in [-0.2, -0.15) is 0 Å². The van der Waals surface area contributed by atoms with E-state index in [1.165, 1.54) is 0 Å². The van der Waals surface area contributed by atoms with Crippen LogP contribution in [-0.4, -0.2) is 24.6 Å². The van der Waals surface area contributed by atoms with E-state index < -0.39 is 0 Å². The van der Waals surface area contributed by atoms with Crippen molar-refractivity contribution in [3.8, 4) is 0 Å². The number of carbonyl (C=O) groups is 2. The standard InChI is InChI=1S/C20H32O4/c1-5-8-9-10-15(6-2)24-20(22)17-14-11-13(4)16(12-14)18(17)19(21)23-7-3/h13-16H,5-12H2,1-4H3. The molecule has 2 bridgehead atoms. The second kappa shape index (κ2) is 8.68. The molecule has 4 atom stereocenters. The SMILES string of the molecule is CCCCCC(CC)OC(=O)C1=C(C(=O)OCC)C2CC1CC2C. The van der Waals surface area contributed by atoms with Crippen molar-refractivity contribution >= 4 is 11.9 Å². The highest BCUT2D eigenvalue weighted by Crippen LogP contribution is 2.52. The minimum absolute atomic E-state index is 0.0449. The third-order valence-corrected chi connectivity index (χ3v) is 5.52. The number of unbranched alkanes of at least 4 members (excludes halogenated alkanes) is 2. The van der Waals surface area contributed by atoms with E-state index >= 15 is 0 Å². The predicted octanol–water partition coefficient (Wildman–Crippen LogP) is 4.42. The molecule has 2 rings (SSSR count). The van der Waals surface area contributed by atoms with Gasteiger partial charge in [-0.3, -0.25) is 0 Å². The number of carbonyl (C=O) groups excluding carboxylic acids is 2. The quantitative estimate of drug-likeness (QED) is 0.462. The molecule has 4 heteroatoms. The van der Waals surface area contributed by atoms with Crippen LogP contribution in [-0.2, 0) is 19.1 Å². The average molecular weight is 336 g/mol. The number of rotatable bonds is 9. The Hall–Kier alpha value is -1.32. The maximum atomic E-state index is 12.8. The van der Waals surface area contributed by atoms with Crippen LogP contribution in [0.1, 0.15) is 72.6 Å². The van der Waals surface area contributed by atoms with E-state index in [0.29, 0.717) is 23.7 Å². The summed E-state index contributed by atoms with van der Waals surface area (Å²) in [5.74, 6) is 0.183. The zero-order valence-corrected chi connectivity index (χ0v) is 15.6. The van der Waals surface area contributed by atoms with Gasteiger partial charge in [0.15, 0.2) is 0 Å². The lowest BCUT2D eigenvalue weighted by molar-refractivity contribution is -0.147. The Morgan fingerprint density at radius 1 is 1.08 bits per heavy atom. The number of hydrogen-bond acceptors (Lipinski definition) is 4. The van der Waals surface area contributed by atoms with Crippen molar-refractivity contribution in [1.29, 1.82) is 0 Å². The summed E-state index contributed by atoms with van der Waals surface area (Å²) in [4.78, 5) is 25.1. The highest BCUT2D eigenvalue weighted by atomic mass is 16.5. The minimum Gasteiger partial charge on any atom is -0.463 e. The van der Waals surface area contributed by atoms with Gasteiger partial charge in [0.1, 0.15) is 6.10 Å². The van der Waals surface area contributed by atoms with E-state index in [1.807, 2.05) is 6.92 Å². The van der Waals surface area contributed by atoms with Gasteiger partial charge in [-0.1, -0.05) is 33.6 Å². The second-order valence-electron chi connectivity index (χ2n) is 7.23. The molecule has 0 aromatic carbocycles. The van der Waals surface area contributed by atoms with Gasteiger partial charge in [-0.15, -0.1) is 0 Å². The number of hydrogen-bond donors (Lipinski definition) is 0. The predicted molar refractivity (Wildman–Crippen MR) is 93.4 cm³/mol. The molecular weight excluding hydrogens is 304 g/mol. The fraction of sp³-hybridized carbons (Fsp3) is 0.800. The number of fused-ring (bicyclic) bond motifs is 2. The average Bonchev–Trinajstić information content (AvgIpc) is 3.10. The summed E-state index contributed by atoms with van der Waals surface area (Å²) < 4.78 is 11.0. The highest BCUT2D eigenvalue weighted by Gasteiger charge is 2.49. The molecule has 1 saturated carbocycles. The lowest BCUT2D eigenvalue weighted by Gasteiger charge is -2.24. The molecule has 2 aliphatic rings. The number of ether oxygens (including phenoxy) is 2.